The van der Waals surface area contributed by atoms with Crippen LogP contribution in [0.4, 0.5) is 16.2 Å². The topological polar surface area (TPSA) is 63.0 Å². The molecule has 0 bridgehead atoms. The first-order valence-corrected chi connectivity index (χ1v) is 5.21. The maximum Gasteiger partial charge on any atom is 0.224 e. The van der Waals surface area contributed by atoms with Gasteiger partial charge in [-0.25, -0.2) is 9.37 Å². The molecule has 0 saturated carbocycles. The Morgan fingerprint density at radius 1 is 1.47 bits per heavy atom. The highest BCUT2D eigenvalue weighted by Gasteiger charge is 2.12. The van der Waals surface area contributed by atoms with Gasteiger partial charge in [-0.1, -0.05) is 0 Å². The summed E-state index contributed by atoms with van der Waals surface area (Å²) >= 11 is 0. The number of hydrogen-bond donors (Lipinski definition) is 2. The van der Waals surface area contributed by atoms with Crippen LogP contribution < -0.4 is 10.6 Å². The molecule has 0 aliphatic rings. The Balaban J connectivity index is 2.18. The lowest BCUT2D eigenvalue weighted by Crippen LogP contribution is -2.10. The van der Waals surface area contributed by atoms with Gasteiger partial charge in [-0.05, 0) is 19.1 Å². The Morgan fingerprint density at radius 3 is 2.94 bits per heavy atom. The summed E-state index contributed by atoms with van der Waals surface area (Å²) in [5.74, 6) is 0.727. The molecule has 2 rings (SSSR count). The highest BCUT2D eigenvalue weighted by molar-refractivity contribution is 5.42. The molecular weight excluding hydrogens is 223 g/mol. The highest BCUT2D eigenvalue weighted by atomic mass is 19.1. The number of rotatable bonds is 4. The van der Waals surface area contributed by atoms with E-state index in [1.165, 1.54) is 0 Å². The molecule has 0 saturated heterocycles. The van der Waals surface area contributed by atoms with E-state index in [2.05, 4.69) is 20.6 Å². The van der Waals surface area contributed by atoms with E-state index in [0.717, 1.165) is 6.20 Å². The smallest absolute Gasteiger partial charge is 0.224 e. The molecule has 2 aromatic rings. The van der Waals surface area contributed by atoms with Crippen LogP contribution in [0.3, 0.4) is 0 Å². The van der Waals surface area contributed by atoms with Crippen molar-refractivity contribution in [2.75, 3.05) is 17.7 Å². The Bertz CT molecular complexity index is 486. The second-order valence-corrected chi connectivity index (χ2v) is 3.52. The molecule has 0 amide bonds. The van der Waals surface area contributed by atoms with Crippen molar-refractivity contribution < 1.29 is 8.81 Å². The van der Waals surface area contributed by atoms with Gasteiger partial charge in [-0.15, -0.1) is 0 Å². The summed E-state index contributed by atoms with van der Waals surface area (Å²) in [6.07, 6.45) is 2.69. The van der Waals surface area contributed by atoms with Gasteiger partial charge in [0, 0.05) is 7.05 Å². The van der Waals surface area contributed by atoms with E-state index in [4.69, 9.17) is 4.42 Å². The summed E-state index contributed by atoms with van der Waals surface area (Å²) in [4.78, 5) is 7.76. The summed E-state index contributed by atoms with van der Waals surface area (Å²) in [6.45, 7) is 1.86. The minimum Gasteiger partial charge on any atom is -0.467 e. The van der Waals surface area contributed by atoms with Gasteiger partial charge < -0.3 is 15.1 Å². The zero-order valence-electron chi connectivity index (χ0n) is 9.57. The standard InChI is InChI=1S/C11H13FN4O/c1-7(9-4-3-5-17-9)15-10-8(12)6-14-11(13-2)16-10/h3-7H,1-2H3,(H2,13,14,15,16). The Labute approximate surface area is 98.1 Å². The minimum atomic E-state index is -0.498. The molecule has 17 heavy (non-hydrogen) atoms. The lowest BCUT2D eigenvalue weighted by atomic mass is 10.2. The van der Waals surface area contributed by atoms with Gasteiger partial charge in [-0.3, -0.25) is 0 Å². The van der Waals surface area contributed by atoms with Crippen LogP contribution in [0.15, 0.2) is 29.0 Å². The van der Waals surface area contributed by atoms with Crippen molar-refractivity contribution in [1.82, 2.24) is 9.97 Å². The van der Waals surface area contributed by atoms with Gasteiger partial charge in [0.15, 0.2) is 11.6 Å². The van der Waals surface area contributed by atoms with E-state index in [-0.39, 0.29) is 11.9 Å². The molecule has 5 nitrogen and oxygen atoms in total. The SMILES string of the molecule is CNc1ncc(F)c(NC(C)c2ccco2)n1. The van der Waals surface area contributed by atoms with E-state index in [1.807, 2.05) is 13.0 Å². The molecule has 1 unspecified atom stereocenters. The van der Waals surface area contributed by atoms with Crippen molar-refractivity contribution >= 4 is 11.8 Å². The fraction of sp³-hybridized carbons (Fsp3) is 0.273. The van der Waals surface area contributed by atoms with Crippen LogP contribution >= 0.6 is 0 Å². The lowest BCUT2D eigenvalue weighted by molar-refractivity contribution is 0.488. The molecular formula is C11H13FN4O. The molecule has 0 spiro atoms. The second-order valence-electron chi connectivity index (χ2n) is 3.52. The fourth-order valence-corrected chi connectivity index (χ4v) is 1.40. The number of anilines is 2. The van der Waals surface area contributed by atoms with Crippen LogP contribution in [0.25, 0.3) is 0 Å². The molecule has 6 heteroatoms. The third-order valence-corrected chi connectivity index (χ3v) is 2.29. The maximum atomic E-state index is 13.5. The average molecular weight is 236 g/mol. The molecule has 0 aromatic carbocycles. The average Bonchev–Trinajstić information content (AvgIpc) is 2.85. The first-order chi connectivity index (χ1) is 8.20. The second kappa shape index (κ2) is 4.82. The molecule has 0 aliphatic carbocycles. The van der Waals surface area contributed by atoms with Crippen LogP contribution in [-0.4, -0.2) is 17.0 Å². The molecule has 2 heterocycles. The van der Waals surface area contributed by atoms with Gasteiger partial charge in [0.1, 0.15) is 5.76 Å². The molecule has 1 atom stereocenters. The first kappa shape index (κ1) is 11.4. The number of furan rings is 1. The van der Waals surface area contributed by atoms with E-state index in [1.54, 1.807) is 19.4 Å². The number of aromatic nitrogens is 2. The van der Waals surface area contributed by atoms with Crippen molar-refractivity contribution in [3.63, 3.8) is 0 Å². The maximum absolute atomic E-state index is 13.5. The summed E-state index contributed by atoms with van der Waals surface area (Å²) in [5.41, 5.74) is 0. The largest absolute Gasteiger partial charge is 0.467 e. The monoisotopic (exact) mass is 236 g/mol. The van der Waals surface area contributed by atoms with E-state index < -0.39 is 5.82 Å². The predicted octanol–water partition coefficient (Wildman–Crippen LogP) is 2.42. The van der Waals surface area contributed by atoms with E-state index in [9.17, 15) is 4.39 Å². The zero-order chi connectivity index (χ0) is 12.3. The Hall–Kier alpha value is -2.11. The third kappa shape index (κ3) is 2.52. The molecule has 0 fully saturated rings. The Kier molecular flexibility index (Phi) is 3.22. The lowest BCUT2D eigenvalue weighted by Gasteiger charge is -2.13. The van der Waals surface area contributed by atoms with Crippen molar-refractivity contribution in [3.05, 3.63) is 36.2 Å². The minimum absolute atomic E-state index is 0.147. The number of halogens is 1. The fourth-order valence-electron chi connectivity index (χ4n) is 1.40. The highest BCUT2D eigenvalue weighted by Crippen LogP contribution is 2.20. The molecule has 2 N–H and O–H groups in total. The van der Waals surface area contributed by atoms with Crippen LogP contribution in [0.5, 0.6) is 0 Å². The van der Waals surface area contributed by atoms with Crippen LogP contribution in [0.2, 0.25) is 0 Å². The molecule has 0 radical (unpaired) electrons. The van der Waals surface area contributed by atoms with Gasteiger partial charge >= 0.3 is 0 Å². The van der Waals surface area contributed by atoms with E-state index >= 15 is 0 Å². The van der Waals surface area contributed by atoms with E-state index in [0.29, 0.717) is 11.7 Å². The number of nitrogens with one attached hydrogen (secondary N) is 2. The van der Waals surface area contributed by atoms with Crippen LogP contribution in [-0.2, 0) is 0 Å². The van der Waals surface area contributed by atoms with Gasteiger partial charge in [0.25, 0.3) is 0 Å². The molecule has 90 valence electrons. The van der Waals surface area contributed by atoms with Crippen molar-refractivity contribution in [2.24, 2.45) is 0 Å². The van der Waals surface area contributed by atoms with Crippen molar-refractivity contribution in [1.29, 1.82) is 0 Å². The zero-order valence-corrected chi connectivity index (χ0v) is 9.57. The normalized spacial score (nSPS) is 12.2. The third-order valence-electron chi connectivity index (χ3n) is 2.29. The van der Waals surface area contributed by atoms with Crippen molar-refractivity contribution in [3.8, 4) is 0 Å². The number of hydrogen-bond acceptors (Lipinski definition) is 5. The number of nitrogens with zero attached hydrogens (tertiary/aromatic N) is 2. The summed E-state index contributed by atoms with van der Waals surface area (Å²) in [5, 5.41) is 5.68. The quantitative estimate of drug-likeness (QED) is 0.853. The Morgan fingerprint density at radius 2 is 2.29 bits per heavy atom. The van der Waals surface area contributed by atoms with Crippen LogP contribution in [0.1, 0.15) is 18.7 Å². The van der Waals surface area contributed by atoms with Gasteiger partial charge in [0.2, 0.25) is 5.95 Å². The molecule has 2 aromatic heterocycles. The summed E-state index contributed by atoms with van der Waals surface area (Å²) < 4.78 is 18.7. The first-order valence-electron chi connectivity index (χ1n) is 5.21. The van der Waals surface area contributed by atoms with Gasteiger partial charge in [0.05, 0.1) is 18.5 Å². The summed E-state index contributed by atoms with van der Waals surface area (Å²) in [7, 11) is 1.67. The van der Waals surface area contributed by atoms with Gasteiger partial charge in [-0.2, -0.15) is 4.98 Å². The molecule has 0 aliphatic heterocycles. The predicted molar refractivity (Wildman–Crippen MR) is 62.3 cm³/mol. The summed E-state index contributed by atoms with van der Waals surface area (Å²) in [6, 6.07) is 3.43. The van der Waals surface area contributed by atoms with Crippen LogP contribution in [0, 0.1) is 5.82 Å². The van der Waals surface area contributed by atoms with Crippen molar-refractivity contribution in [2.45, 2.75) is 13.0 Å².